The van der Waals surface area contributed by atoms with Crippen LogP contribution in [0.5, 0.6) is 0 Å². The Labute approximate surface area is 203 Å². The van der Waals surface area contributed by atoms with Crippen molar-refractivity contribution >= 4 is 33.4 Å². The molecule has 2 heterocycles. The van der Waals surface area contributed by atoms with Crippen molar-refractivity contribution in [2.45, 2.75) is 45.2 Å². The van der Waals surface area contributed by atoms with Crippen molar-refractivity contribution in [1.82, 2.24) is 9.88 Å². The van der Waals surface area contributed by atoms with E-state index in [0.717, 1.165) is 20.7 Å². The number of carbonyl (C=O) groups is 2. The second-order valence-corrected chi connectivity index (χ2v) is 10.4. The van der Waals surface area contributed by atoms with Gasteiger partial charge in [0.05, 0.1) is 21.7 Å². The molecule has 1 fully saturated rings. The van der Waals surface area contributed by atoms with Crippen LogP contribution < -0.4 is 5.32 Å². The number of thiophene rings is 1. The van der Waals surface area contributed by atoms with E-state index in [1.165, 1.54) is 16.7 Å². The largest absolute Gasteiger partial charge is 0.481 e. The molecule has 1 amide bonds. The quantitative estimate of drug-likeness (QED) is 0.356. The molecule has 0 unspecified atom stereocenters. The zero-order valence-electron chi connectivity index (χ0n) is 19.2. The maximum Gasteiger partial charge on any atom is 0.306 e. The first-order chi connectivity index (χ1) is 16.5. The van der Waals surface area contributed by atoms with Gasteiger partial charge in [-0.3, -0.25) is 9.59 Å². The number of aryl methyl sites for hydroxylation is 1. The normalized spacial score (nSPS) is 18.1. The van der Waals surface area contributed by atoms with Gasteiger partial charge in [-0.2, -0.15) is 0 Å². The van der Waals surface area contributed by atoms with Gasteiger partial charge < -0.3 is 15.0 Å². The van der Waals surface area contributed by atoms with Crippen LogP contribution in [0.4, 0.5) is 0 Å². The lowest BCUT2D eigenvalue weighted by Crippen LogP contribution is -2.39. The highest BCUT2D eigenvalue weighted by Gasteiger charge is 2.28. The van der Waals surface area contributed by atoms with Gasteiger partial charge in [0.1, 0.15) is 0 Å². The third kappa shape index (κ3) is 4.50. The lowest BCUT2D eigenvalue weighted by Gasteiger charge is -2.26. The lowest BCUT2D eigenvalue weighted by molar-refractivity contribution is -0.142. The summed E-state index contributed by atoms with van der Waals surface area (Å²) in [6.45, 7) is 2.69. The Kier molecular flexibility index (Phi) is 6.24. The van der Waals surface area contributed by atoms with Crippen molar-refractivity contribution in [2.24, 2.45) is 5.92 Å². The number of nitrogens with zero attached hydrogens (tertiary/aromatic N) is 1. The van der Waals surface area contributed by atoms with Gasteiger partial charge in [-0.05, 0) is 55.4 Å². The molecule has 0 saturated heterocycles. The molecular weight excluding hydrogens is 444 g/mol. The zero-order chi connectivity index (χ0) is 23.7. The highest BCUT2D eigenvalue weighted by atomic mass is 32.1. The van der Waals surface area contributed by atoms with Crippen molar-refractivity contribution in [2.75, 3.05) is 0 Å². The topological polar surface area (TPSA) is 71.3 Å². The molecule has 174 valence electrons. The summed E-state index contributed by atoms with van der Waals surface area (Å²) in [6.07, 6.45) is 4.72. The molecule has 0 bridgehead atoms. The van der Waals surface area contributed by atoms with E-state index in [1.807, 2.05) is 25.1 Å². The van der Waals surface area contributed by atoms with Crippen molar-refractivity contribution in [3.05, 3.63) is 82.9 Å². The van der Waals surface area contributed by atoms with Crippen LogP contribution in [-0.2, 0) is 11.3 Å². The maximum atomic E-state index is 13.3. The summed E-state index contributed by atoms with van der Waals surface area (Å²) >= 11 is 1.65. The number of carboxylic acids is 1. The SMILES string of the molecule is Cc1sc2ccn(Cc3ccc(-c4ccccc4)cc3)c2c1C(=O)N[C@H]1CC[C@@H](C(=O)O)CC1. The maximum absolute atomic E-state index is 13.3. The van der Waals surface area contributed by atoms with Gasteiger partial charge in [0.25, 0.3) is 5.91 Å². The van der Waals surface area contributed by atoms with E-state index >= 15 is 0 Å². The van der Waals surface area contributed by atoms with Gasteiger partial charge in [-0.25, -0.2) is 0 Å². The smallest absolute Gasteiger partial charge is 0.306 e. The van der Waals surface area contributed by atoms with Crippen molar-refractivity contribution < 1.29 is 14.7 Å². The van der Waals surface area contributed by atoms with Gasteiger partial charge in [0.15, 0.2) is 0 Å². The summed E-state index contributed by atoms with van der Waals surface area (Å²) in [5.74, 6) is -1.06. The summed E-state index contributed by atoms with van der Waals surface area (Å²) in [5, 5.41) is 12.4. The van der Waals surface area contributed by atoms with E-state index in [2.05, 4.69) is 58.5 Å². The molecule has 0 atom stereocenters. The van der Waals surface area contributed by atoms with Crippen LogP contribution in [0.15, 0.2) is 66.9 Å². The molecule has 5 rings (SSSR count). The molecule has 1 aliphatic carbocycles. The van der Waals surface area contributed by atoms with Crippen molar-refractivity contribution in [1.29, 1.82) is 0 Å². The number of amides is 1. The van der Waals surface area contributed by atoms with Crippen LogP contribution in [0.1, 0.15) is 46.5 Å². The van der Waals surface area contributed by atoms with Crippen LogP contribution in [-0.4, -0.2) is 27.6 Å². The molecule has 2 aromatic heterocycles. The molecule has 5 nitrogen and oxygen atoms in total. The standard InChI is InChI=1S/C28H28N2O3S/c1-18-25(27(31)29-23-13-11-22(12-14-23)28(32)33)26-24(34-18)15-16-30(26)17-19-7-9-21(10-8-19)20-5-3-2-4-6-20/h2-10,15-16,22-23H,11-14,17H2,1H3,(H,29,31)(H,32,33)/t22-,23+. The molecule has 2 aromatic carbocycles. The van der Waals surface area contributed by atoms with Crippen LogP contribution in [0, 0.1) is 12.8 Å². The van der Waals surface area contributed by atoms with E-state index in [1.54, 1.807) is 11.3 Å². The third-order valence-corrected chi connectivity index (χ3v) is 7.89. The van der Waals surface area contributed by atoms with Crippen LogP contribution >= 0.6 is 11.3 Å². The lowest BCUT2D eigenvalue weighted by atomic mass is 9.86. The molecule has 0 aliphatic heterocycles. The van der Waals surface area contributed by atoms with Gasteiger partial charge in [-0.1, -0.05) is 54.6 Å². The highest BCUT2D eigenvalue weighted by molar-refractivity contribution is 7.19. The Balaban J connectivity index is 1.34. The first kappa shape index (κ1) is 22.4. The predicted molar refractivity (Wildman–Crippen MR) is 136 cm³/mol. The fourth-order valence-corrected chi connectivity index (χ4v) is 6.02. The second kappa shape index (κ2) is 9.47. The number of rotatable bonds is 6. The van der Waals surface area contributed by atoms with Crippen LogP contribution in [0.2, 0.25) is 0 Å². The number of hydrogen-bond donors (Lipinski definition) is 2. The number of aromatic nitrogens is 1. The molecular formula is C28H28N2O3S. The summed E-state index contributed by atoms with van der Waals surface area (Å²) in [4.78, 5) is 25.5. The van der Waals surface area contributed by atoms with Crippen LogP contribution in [0.25, 0.3) is 21.3 Å². The minimum atomic E-state index is -0.727. The summed E-state index contributed by atoms with van der Waals surface area (Å²) in [7, 11) is 0. The van der Waals surface area contributed by atoms with Gasteiger partial charge in [-0.15, -0.1) is 11.3 Å². The van der Waals surface area contributed by atoms with E-state index in [0.29, 0.717) is 32.2 Å². The van der Waals surface area contributed by atoms with Gasteiger partial charge >= 0.3 is 5.97 Å². The minimum absolute atomic E-state index is 0.0337. The Morgan fingerprint density at radius 1 is 0.971 bits per heavy atom. The Morgan fingerprint density at radius 3 is 2.32 bits per heavy atom. The van der Waals surface area contributed by atoms with Crippen molar-refractivity contribution in [3.8, 4) is 11.1 Å². The molecule has 1 aliphatic rings. The van der Waals surface area contributed by atoms with E-state index < -0.39 is 5.97 Å². The molecule has 34 heavy (non-hydrogen) atoms. The molecule has 4 aromatic rings. The van der Waals surface area contributed by atoms with E-state index in [-0.39, 0.29) is 17.9 Å². The summed E-state index contributed by atoms with van der Waals surface area (Å²) in [6, 6.07) is 21.0. The molecule has 6 heteroatoms. The molecule has 0 radical (unpaired) electrons. The molecule has 1 saturated carbocycles. The highest BCUT2D eigenvalue weighted by Crippen LogP contribution is 2.33. The second-order valence-electron chi connectivity index (χ2n) is 9.11. The first-order valence-electron chi connectivity index (χ1n) is 11.8. The number of carbonyl (C=O) groups excluding carboxylic acids is 1. The molecule has 0 spiro atoms. The predicted octanol–water partition coefficient (Wildman–Crippen LogP) is 6.10. The zero-order valence-corrected chi connectivity index (χ0v) is 20.0. The number of hydrogen-bond acceptors (Lipinski definition) is 3. The number of fused-ring (bicyclic) bond motifs is 1. The Morgan fingerprint density at radius 2 is 1.65 bits per heavy atom. The number of carboxylic acid groups (broad SMARTS) is 1. The fourth-order valence-electron chi connectivity index (χ4n) is 4.96. The number of aliphatic carboxylic acids is 1. The molecule has 2 N–H and O–H groups in total. The van der Waals surface area contributed by atoms with E-state index in [9.17, 15) is 14.7 Å². The number of nitrogens with one attached hydrogen (secondary N) is 1. The monoisotopic (exact) mass is 472 g/mol. The average Bonchev–Trinajstić information content (AvgIpc) is 3.38. The van der Waals surface area contributed by atoms with Crippen molar-refractivity contribution in [3.63, 3.8) is 0 Å². The Bertz CT molecular complexity index is 1310. The summed E-state index contributed by atoms with van der Waals surface area (Å²) in [5.41, 5.74) is 5.28. The number of benzene rings is 2. The summed E-state index contributed by atoms with van der Waals surface area (Å²) < 4.78 is 3.27. The fraction of sp³-hybridized carbons (Fsp3) is 0.286. The first-order valence-corrected chi connectivity index (χ1v) is 12.6. The third-order valence-electron chi connectivity index (χ3n) is 6.83. The minimum Gasteiger partial charge on any atom is -0.481 e. The van der Waals surface area contributed by atoms with Gasteiger partial charge in [0, 0.05) is 23.7 Å². The Hall–Kier alpha value is -3.38. The average molecular weight is 473 g/mol. The van der Waals surface area contributed by atoms with Gasteiger partial charge in [0.2, 0.25) is 0 Å². The van der Waals surface area contributed by atoms with E-state index in [4.69, 9.17) is 0 Å². The van der Waals surface area contributed by atoms with Crippen LogP contribution in [0.3, 0.4) is 0 Å².